The highest BCUT2D eigenvalue weighted by atomic mass is 16.5. The van der Waals surface area contributed by atoms with Crippen LogP contribution in [0.1, 0.15) is 18.5 Å². The summed E-state index contributed by atoms with van der Waals surface area (Å²) in [6, 6.07) is -0.0282. The Hall–Kier alpha value is -1.36. The molecule has 0 saturated heterocycles. The number of hydrogen-bond acceptors (Lipinski definition) is 4. The maximum Gasteiger partial charge on any atom is 0.305 e. The molecule has 84 valence electrons. The minimum Gasteiger partial charge on any atom is -0.469 e. The molecule has 1 unspecified atom stereocenters. The molecule has 0 saturated carbocycles. The van der Waals surface area contributed by atoms with Crippen molar-refractivity contribution in [1.82, 2.24) is 9.55 Å². The Morgan fingerprint density at radius 2 is 2.47 bits per heavy atom. The maximum atomic E-state index is 10.9. The topological polar surface area (TPSA) is 70.1 Å². The van der Waals surface area contributed by atoms with E-state index in [4.69, 9.17) is 5.73 Å². The number of aromatic nitrogens is 2. The number of esters is 1. The van der Waals surface area contributed by atoms with E-state index in [0.717, 1.165) is 12.1 Å². The molecule has 2 N–H and O–H groups in total. The van der Waals surface area contributed by atoms with Crippen LogP contribution in [0.25, 0.3) is 0 Å². The quantitative estimate of drug-likeness (QED) is 0.708. The second kappa shape index (κ2) is 5.50. The highest BCUT2D eigenvalue weighted by Crippen LogP contribution is 2.05. The van der Waals surface area contributed by atoms with E-state index in [1.807, 2.05) is 11.6 Å². The molecule has 0 bridgehead atoms. The molecule has 1 atom stereocenters. The average Bonchev–Trinajstić information content (AvgIpc) is 2.61. The lowest BCUT2D eigenvalue weighted by molar-refractivity contribution is -0.140. The summed E-state index contributed by atoms with van der Waals surface area (Å²) in [6.45, 7) is 0. The van der Waals surface area contributed by atoms with Crippen LogP contribution in [0.3, 0.4) is 0 Å². The van der Waals surface area contributed by atoms with Gasteiger partial charge in [0.15, 0.2) is 0 Å². The Balaban J connectivity index is 2.33. The highest BCUT2D eigenvalue weighted by Gasteiger charge is 2.09. The molecule has 0 spiro atoms. The Bertz CT molecular complexity index is 322. The summed E-state index contributed by atoms with van der Waals surface area (Å²) in [5.74, 6) is -0.213. The first kappa shape index (κ1) is 11.7. The molecule has 0 radical (unpaired) electrons. The van der Waals surface area contributed by atoms with Crippen LogP contribution >= 0.6 is 0 Å². The number of ether oxygens (including phenoxy) is 1. The fraction of sp³-hybridized carbons (Fsp3) is 0.600. The summed E-state index contributed by atoms with van der Waals surface area (Å²) >= 11 is 0. The minimum absolute atomic E-state index is 0.0282. The van der Waals surface area contributed by atoms with E-state index in [0.29, 0.717) is 12.8 Å². The number of carbonyl (C=O) groups is 1. The van der Waals surface area contributed by atoms with E-state index in [1.165, 1.54) is 7.11 Å². The van der Waals surface area contributed by atoms with Gasteiger partial charge < -0.3 is 15.0 Å². The third-order valence-corrected chi connectivity index (χ3v) is 2.33. The molecule has 0 fully saturated rings. The van der Waals surface area contributed by atoms with Gasteiger partial charge in [-0.25, -0.2) is 4.98 Å². The third-order valence-electron chi connectivity index (χ3n) is 2.33. The van der Waals surface area contributed by atoms with E-state index in [-0.39, 0.29) is 12.0 Å². The lowest BCUT2D eigenvalue weighted by atomic mass is 10.1. The minimum atomic E-state index is -0.213. The first-order valence-electron chi connectivity index (χ1n) is 4.91. The number of nitrogens with two attached hydrogens (primary N) is 1. The van der Waals surface area contributed by atoms with Gasteiger partial charge in [0.2, 0.25) is 0 Å². The number of aryl methyl sites for hydroxylation is 1. The van der Waals surface area contributed by atoms with Gasteiger partial charge in [0, 0.05) is 37.8 Å². The zero-order valence-corrected chi connectivity index (χ0v) is 9.14. The second-order valence-corrected chi connectivity index (χ2v) is 3.57. The fourth-order valence-corrected chi connectivity index (χ4v) is 1.36. The van der Waals surface area contributed by atoms with Gasteiger partial charge in [0.25, 0.3) is 0 Å². The van der Waals surface area contributed by atoms with Crippen molar-refractivity contribution < 1.29 is 9.53 Å². The Morgan fingerprint density at radius 3 is 3.00 bits per heavy atom. The second-order valence-electron chi connectivity index (χ2n) is 3.57. The van der Waals surface area contributed by atoms with Crippen molar-refractivity contribution in [3.63, 3.8) is 0 Å². The van der Waals surface area contributed by atoms with Crippen LogP contribution in [-0.2, 0) is 23.0 Å². The molecule has 5 heteroatoms. The summed E-state index contributed by atoms with van der Waals surface area (Å²) in [7, 11) is 3.31. The molecular weight excluding hydrogens is 194 g/mol. The largest absolute Gasteiger partial charge is 0.469 e. The van der Waals surface area contributed by atoms with Gasteiger partial charge in [-0.1, -0.05) is 0 Å². The zero-order chi connectivity index (χ0) is 11.3. The van der Waals surface area contributed by atoms with E-state index < -0.39 is 0 Å². The van der Waals surface area contributed by atoms with Gasteiger partial charge >= 0.3 is 5.97 Å². The van der Waals surface area contributed by atoms with Crippen molar-refractivity contribution in [3.8, 4) is 0 Å². The summed E-state index contributed by atoms with van der Waals surface area (Å²) in [4.78, 5) is 14.9. The van der Waals surface area contributed by atoms with Crippen LogP contribution in [0.15, 0.2) is 12.5 Å². The van der Waals surface area contributed by atoms with Crippen molar-refractivity contribution in [2.75, 3.05) is 7.11 Å². The molecule has 0 aliphatic carbocycles. The molecule has 1 heterocycles. The zero-order valence-electron chi connectivity index (χ0n) is 9.14. The molecule has 1 rings (SSSR count). The summed E-state index contributed by atoms with van der Waals surface area (Å²) < 4.78 is 6.48. The molecule has 15 heavy (non-hydrogen) atoms. The van der Waals surface area contributed by atoms with Gasteiger partial charge in [-0.15, -0.1) is 0 Å². The monoisotopic (exact) mass is 211 g/mol. The number of nitrogens with zero attached hydrogens (tertiary/aromatic N) is 2. The number of carbonyl (C=O) groups excluding carboxylic acids is 1. The van der Waals surface area contributed by atoms with Crippen molar-refractivity contribution in [3.05, 3.63) is 18.2 Å². The average molecular weight is 211 g/mol. The van der Waals surface area contributed by atoms with Crippen molar-refractivity contribution >= 4 is 5.97 Å². The van der Waals surface area contributed by atoms with E-state index in [1.54, 1.807) is 12.5 Å². The summed E-state index contributed by atoms with van der Waals surface area (Å²) in [6.07, 6.45) is 5.27. The highest BCUT2D eigenvalue weighted by molar-refractivity contribution is 5.69. The third kappa shape index (κ3) is 3.71. The molecule has 1 aromatic rings. The first-order chi connectivity index (χ1) is 7.13. The van der Waals surface area contributed by atoms with E-state index in [2.05, 4.69) is 9.72 Å². The lowest BCUT2D eigenvalue weighted by Crippen LogP contribution is -2.25. The standard InChI is InChI=1S/C10H17N3O2/c1-13-7-12-6-9(13)5-8(11)3-4-10(14)15-2/h6-8H,3-5,11H2,1-2H3. The van der Waals surface area contributed by atoms with Crippen LogP contribution in [0.2, 0.25) is 0 Å². The lowest BCUT2D eigenvalue weighted by Gasteiger charge is -2.10. The molecule has 0 amide bonds. The summed E-state index contributed by atoms with van der Waals surface area (Å²) in [5.41, 5.74) is 6.96. The number of rotatable bonds is 5. The van der Waals surface area contributed by atoms with Crippen LogP contribution in [0.5, 0.6) is 0 Å². The van der Waals surface area contributed by atoms with Crippen LogP contribution in [0.4, 0.5) is 0 Å². The normalized spacial score (nSPS) is 12.5. The van der Waals surface area contributed by atoms with Crippen LogP contribution in [0, 0.1) is 0 Å². The Labute approximate surface area is 89.2 Å². The summed E-state index contributed by atoms with van der Waals surface area (Å²) in [5, 5.41) is 0. The van der Waals surface area contributed by atoms with Crippen molar-refractivity contribution in [2.24, 2.45) is 12.8 Å². The predicted molar refractivity (Wildman–Crippen MR) is 56.1 cm³/mol. The van der Waals surface area contributed by atoms with Gasteiger partial charge in [0.05, 0.1) is 13.4 Å². The molecule has 1 aromatic heterocycles. The molecular formula is C10H17N3O2. The SMILES string of the molecule is COC(=O)CCC(N)Cc1cncn1C. The Morgan fingerprint density at radius 1 is 1.73 bits per heavy atom. The van der Waals surface area contributed by atoms with Crippen molar-refractivity contribution in [1.29, 1.82) is 0 Å². The van der Waals surface area contributed by atoms with Gasteiger partial charge in [-0.2, -0.15) is 0 Å². The predicted octanol–water partition coefficient (Wildman–Crippen LogP) is 0.243. The van der Waals surface area contributed by atoms with Crippen LogP contribution < -0.4 is 5.73 Å². The first-order valence-corrected chi connectivity index (χ1v) is 4.91. The smallest absolute Gasteiger partial charge is 0.305 e. The number of methoxy groups -OCH3 is 1. The van der Waals surface area contributed by atoms with Gasteiger partial charge in [-0.3, -0.25) is 4.79 Å². The van der Waals surface area contributed by atoms with Gasteiger partial charge in [0.1, 0.15) is 0 Å². The maximum absolute atomic E-state index is 10.9. The Kier molecular flexibility index (Phi) is 4.30. The van der Waals surface area contributed by atoms with Crippen LogP contribution in [-0.4, -0.2) is 28.7 Å². The van der Waals surface area contributed by atoms with Crippen molar-refractivity contribution in [2.45, 2.75) is 25.3 Å². The van der Waals surface area contributed by atoms with E-state index >= 15 is 0 Å². The molecule has 0 aromatic carbocycles. The molecule has 0 aliphatic rings. The fourth-order valence-electron chi connectivity index (χ4n) is 1.36. The number of hydrogen-bond donors (Lipinski definition) is 1. The van der Waals surface area contributed by atoms with Gasteiger partial charge in [-0.05, 0) is 6.42 Å². The molecule has 0 aliphatic heterocycles. The van der Waals surface area contributed by atoms with E-state index in [9.17, 15) is 4.79 Å². The molecule has 5 nitrogen and oxygen atoms in total. The number of imidazole rings is 1.